The largest absolute Gasteiger partial charge is 0.145 e. The van der Waals surface area contributed by atoms with E-state index in [1.54, 1.807) is 17.8 Å². The highest BCUT2D eigenvalue weighted by atomic mass is 32.2. The molecule has 0 unspecified atom stereocenters. The lowest BCUT2D eigenvalue weighted by molar-refractivity contribution is 1.18. The second kappa shape index (κ2) is 5.36. The van der Waals surface area contributed by atoms with Gasteiger partial charge < -0.3 is 0 Å². The van der Waals surface area contributed by atoms with Crippen LogP contribution in [0.4, 0.5) is 5.69 Å². The van der Waals surface area contributed by atoms with E-state index in [9.17, 15) is 4.91 Å². The Kier molecular flexibility index (Phi) is 3.82. The molecule has 18 heavy (non-hydrogen) atoms. The van der Waals surface area contributed by atoms with Crippen LogP contribution in [0.15, 0.2) is 51.4 Å². The fourth-order valence-corrected chi connectivity index (χ4v) is 3.07. The van der Waals surface area contributed by atoms with Crippen molar-refractivity contribution in [1.29, 1.82) is 0 Å². The van der Waals surface area contributed by atoms with E-state index in [0.29, 0.717) is 5.69 Å². The van der Waals surface area contributed by atoms with Gasteiger partial charge in [-0.3, -0.25) is 0 Å². The summed E-state index contributed by atoms with van der Waals surface area (Å²) in [7, 11) is 0. The van der Waals surface area contributed by atoms with Crippen LogP contribution in [0.5, 0.6) is 0 Å². The number of aryl methyl sites for hydroxylation is 3. The van der Waals surface area contributed by atoms with Crippen LogP contribution in [-0.2, 0) is 0 Å². The molecule has 0 N–H and O–H groups in total. The summed E-state index contributed by atoms with van der Waals surface area (Å²) in [5, 5.41) is 3.07. The average Bonchev–Trinajstić information content (AvgIpc) is 2.34. The normalized spacial score (nSPS) is 10.4. The summed E-state index contributed by atoms with van der Waals surface area (Å²) in [6.07, 6.45) is 0. The number of hydrogen-bond acceptors (Lipinski definition) is 3. The molecule has 0 saturated heterocycles. The molecule has 2 aromatic carbocycles. The lowest BCUT2D eigenvalue weighted by Gasteiger charge is -2.11. The van der Waals surface area contributed by atoms with Gasteiger partial charge in [0.15, 0.2) is 0 Å². The smallest absolute Gasteiger partial charge is 0.121 e. The topological polar surface area (TPSA) is 29.4 Å². The molecule has 0 radical (unpaired) electrons. The molecule has 0 bridgehead atoms. The van der Waals surface area contributed by atoms with Crippen molar-refractivity contribution in [3.63, 3.8) is 0 Å². The highest BCUT2D eigenvalue weighted by molar-refractivity contribution is 7.99. The van der Waals surface area contributed by atoms with Crippen molar-refractivity contribution in [2.45, 2.75) is 30.6 Å². The highest BCUT2D eigenvalue weighted by Gasteiger charge is 2.09. The SMILES string of the molecule is Cc1cc(C)c(Sc2ccccc2N=O)c(C)c1. The van der Waals surface area contributed by atoms with Crippen molar-refractivity contribution in [3.05, 3.63) is 58.0 Å². The minimum atomic E-state index is 0.502. The third kappa shape index (κ3) is 2.62. The molecule has 0 aliphatic rings. The second-order valence-corrected chi connectivity index (χ2v) is 5.44. The zero-order chi connectivity index (χ0) is 13.1. The van der Waals surface area contributed by atoms with E-state index in [0.717, 1.165) is 4.90 Å². The van der Waals surface area contributed by atoms with Crippen LogP contribution in [-0.4, -0.2) is 0 Å². The van der Waals surface area contributed by atoms with Crippen molar-refractivity contribution >= 4 is 17.4 Å². The van der Waals surface area contributed by atoms with Gasteiger partial charge in [-0.05, 0) is 49.2 Å². The lowest BCUT2D eigenvalue weighted by Crippen LogP contribution is -1.87. The van der Waals surface area contributed by atoms with E-state index in [4.69, 9.17) is 0 Å². The molecule has 0 atom stereocenters. The van der Waals surface area contributed by atoms with Gasteiger partial charge in [-0.2, -0.15) is 0 Å². The van der Waals surface area contributed by atoms with Gasteiger partial charge >= 0.3 is 0 Å². The molecule has 0 saturated carbocycles. The van der Waals surface area contributed by atoms with Gasteiger partial charge in [0.05, 0.1) is 0 Å². The first-order valence-electron chi connectivity index (χ1n) is 5.80. The zero-order valence-electron chi connectivity index (χ0n) is 10.7. The Balaban J connectivity index is 2.43. The molecule has 0 spiro atoms. The number of rotatable bonds is 3. The minimum Gasteiger partial charge on any atom is -0.145 e. The molecule has 2 nitrogen and oxygen atoms in total. The Morgan fingerprint density at radius 2 is 1.61 bits per heavy atom. The highest BCUT2D eigenvalue weighted by Crippen LogP contribution is 2.38. The molecule has 3 heteroatoms. The molecule has 0 amide bonds. The maximum atomic E-state index is 10.8. The third-order valence-corrected chi connectivity index (χ3v) is 4.19. The fourth-order valence-electron chi connectivity index (χ4n) is 2.06. The van der Waals surface area contributed by atoms with Crippen molar-refractivity contribution in [2.75, 3.05) is 0 Å². The van der Waals surface area contributed by atoms with Gasteiger partial charge in [0.2, 0.25) is 0 Å². The van der Waals surface area contributed by atoms with Crippen molar-refractivity contribution < 1.29 is 0 Å². The number of hydrogen-bond donors (Lipinski definition) is 0. The number of nitroso groups, excluding NO2 is 1. The summed E-state index contributed by atoms with van der Waals surface area (Å²) in [4.78, 5) is 12.9. The first-order chi connectivity index (χ1) is 8.61. The van der Waals surface area contributed by atoms with Gasteiger partial charge in [0.25, 0.3) is 0 Å². The Morgan fingerprint density at radius 1 is 1.00 bits per heavy atom. The molecule has 2 aromatic rings. The molecule has 0 aromatic heterocycles. The van der Waals surface area contributed by atoms with Crippen molar-refractivity contribution in [1.82, 2.24) is 0 Å². The van der Waals surface area contributed by atoms with Gasteiger partial charge in [0, 0.05) is 9.79 Å². The minimum absolute atomic E-state index is 0.502. The lowest BCUT2D eigenvalue weighted by atomic mass is 10.1. The van der Waals surface area contributed by atoms with Crippen LogP contribution < -0.4 is 0 Å². The molecule has 0 aliphatic heterocycles. The molecule has 0 heterocycles. The van der Waals surface area contributed by atoms with Gasteiger partial charge in [-0.25, -0.2) is 0 Å². The Bertz CT molecular complexity index is 570. The summed E-state index contributed by atoms with van der Waals surface area (Å²) in [6.45, 7) is 6.29. The van der Waals surface area contributed by atoms with E-state index in [1.807, 2.05) is 18.2 Å². The van der Waals surface area contributed by atoms with E-state index in [2.05, 4.69) is 38.1 Å². The van der Waals surface area contributed by atoms with Crippen LogP contribution in [0.3, 0.4) is 0 Å². The molecule has 0 fully saturated rings. The predicted octanol–water partition coefficient (Wildman–Crippen LogP) is 5.16. The zero-order valence-corrected chi connectivity index (χ0v) is 11.5. The van der Waals surface area contributed by atoms with Gasteiger partial charge in [-0.1, -0.05) is 41.6 Å². The quantitative estimate of drug-likeness (QED) is 0.711. The van der Waals surface area contributed by atoms with Crippen LogP contribution in [0.25, 0.3) is 0 Å². The summed E-state index contributed by atoms with van der Waals surface area (Å²) < 4.78 is 0. The van der Waals surface area contributed by atoms with Crippen molar-refractivity contribution in [2.24, 2.45) is 5.18 Å². The summed E-state index contributed by atoms with van der Waals surface area (Å²) in [6, 6.07) is 11.7. The van der Waals surface area contributed by atoms with Crippen LogP contribution in [0, 0.1) is 25.7 Å². The Morgan fingerprint density at radius 3 is 2.22 bits per heavy atom. The molecule has 0 aliphatic carbocycles. The first kappa shape index (κ1) is 12.8. The van der Waals surface area contributed by atoms with Crippen molar-refractivity contribution in [3.8, 4) is 0 Å². The van der Waals surface area contributed by atoms with E-state index in [-0.39, 0.29) is 0 Å². The summed E-state index contributed by atoms with van der Waals surface area (Å²) in [5.41, 5.74) is 4.23. The number of nitrogens with zero attached hydrogens (tertiary/aromatic N) is 1. The van der Waals surface area contributed by atoms with Crippen LogP contribution in [0.2, 0.25) is 0 Å². The molecule has 92 valence electrons. The third-order valence-electron chi connectivity index (χ3n) is 2.78. The molecular formula is C15H15NOS. The second-order valence-electron chi connectivity index (χ2n) is 4.39. The van der Waals surface area contributed by atoms with E-state index in [1.165, 1.54) is 21.6 Å². The predicted molar refractivity (Wildman–Crippen MR) is 76.7 cm³/mol. The standard InChI is InChI=1S/C15H15NOS/c1-10-8-11(2)15(12(3)9-10)18-14-7-5-4-6-13(14)16-17/h4-9H,1-3H3. The van der Waals surface area contributed by atoms with E-state index < -0.39 is 0 Å². The van der Waals surface area contributed by atoms with Crippen LogP contribution >= 0.6 is 11.8 Å². The van der Waals surface area contributed by atoms with Gasteiger partial charge in [0.1, 0.15) is 5.69 Å². The fraction of sp³-hybridized carbons (Fsp3) is 0.200. The molecule has 2 rings (SSSR count). The van der Waals surface area contributed by atoms with E-state index >= 15 is 0 Å². The van der Waals surface area contributed by atoms with Gasteiger partial charge in [-0.15, -0.1) is 4.91 Å². The Hall–Kier alpha value is -1.61. The maximum absolute atomic E-state index is 10.8. The van der Waals surface area contributed by atoms with Crippen LogP contribution in [0.1, 0.15) is 16.7 Å². The Labute approximate surface area is 111 Å². The average molecular weight is 257 g/mol. The summed E-state index contributed by atoms with van der Waals surface area (Å²) in [5.74, 6) is 0. The molecular weight excluding hydrogens is 242 g/mol. The summed E-state index contributed by atoms with van der Waals surface area (Å²) >= 11 is 1.61. The monoisotopic (exact) mass is 257 g/mol. The number of benzene rings is 2. The maximum Gasteiger partial charge on any atom is 0.121 e. The first-order valence-corrected chi connectivity index (χ1v) is 6.61.